The Balaban J connectivity index is 2.17. The van der Waals surface area contributed by atoms with E-state index < -0.39 is 5.97 Å². The highest BCUT2D eigenvalue weighted by atomic mass is 16.4. The van der Waals surface area contributed by atoms with Gasteiger partial charge < -0.3 is 5.11 Å². The fourth-order valence-electron chi connectivity index (χ4n) is 1.05. The number of carboxylic acid groups (broad SMARTS) is 1. The third kappa shape index (κ3) is 1.95. The molecular weight excluding hydrogens is 142 g/mol. The molecule has 0 atom stereocenters. The molecule has 1 aliphatic rings. The van der Waals surface area contributed by atoms with Gasteiger partial charge >= 0.3 is 5.97 Å². The molecule has 60 valence electrons. The highest BCUT2D eigenvalue weighted by molar-refractivity contribution is 5.71. The van der Waals surface area contributed by atoms with Crippen LogP contribution in [0.15, 0.2) is 0 Å². The Hall–Kier alpha value is -1.01. The molecule has 11 heavy (non-hydrogen) atoms. The van der Waals surface area contributed by atoms with Crippen LogP contribution in [0.3, 0.4) is 0 Å². The van der Waals surface area contributed by atoms with E-state index in [1.165, 1.54) is 0 Å². The lowest BCUT2D eigenvalue weighted by atomic mass is 10.0. The zero-order chi connectivity index (χ0) is 8.27. The van der Waals surface area contributed by atoms with Crippen molar-refractivity contribution in [2.75, 3.05) is 19.6 Å². The lowest BCUT2D eigenvalue weighted by Crippen LogP contribution is -2.50. The summed E-state index contributed by atoms with van der Waals surface area (Å²) in [4.78, 5) is 12.4. The Morgan fingerprint density at radius 2 is 2.36 bits per heavy atom. The Morgan fingerprint density at radius 1 is 1.73 bits per heavy atom. The Kier molecular flexibility index (Phi) is 2.50. The van der Waals surface area contributed by atoms with E-state index >= 15 is 0 Å². The van der Waals surface area contributed by atoms with Crippen LogP contribution in [0.4, 0.5) is 0 Å². The van der Waals surface area contributed by atoms with E-state index in [2.05, 4.69) is 11.8 Å². The number of likely N-dealkylation sites (tertiary alicyclic amines) is 1. The van der Waals surface area contributed by atoms with Gasteiger partial charge in [-0.05, 0) is 6.92 Å². The number of rotatable bonds is 2. The minimum atomic E-state index is -0.689. The fraction of sp³-hybridized carbons (Fsp3) is 0.625. The molecule has 1 saturated heterocycles. The zero-order valence-corrected chi connectivity index (χ0v) is 6.50. The molecule has 0 bridgehead atoms. The summed E-state index contributed by atoms with van der Waals surface area (Å²) in [5.74, 6) is 4.82. The van der Waals surface area contributed by atoms with Gasteiger partial charge in [-0.2, -0.15) is 0 Å². The van der Waals surface area contributed by atoms with Crippen molar-refractivity contribution in [1.29, 1.82) is 0 Å². The maximum absolute atomic E-state index is 10.3. The second kappa shape index (κ2) is 3.40. The molecule has 0 saturated carbocycles. The van der Waals surface area contributed by atoms with Crippen LogP contribution in [0.2, 0.25) is 0 Å². The van der Waals surface area contributed by atoms with Crippen molar-refractivity contribution in [3.8, 4) is 11.8 Å². The van der Waals surface area contributed by atoms with E-state index in [4.69, 9.17) is 5.11 Å². The number of carboxylic acids is 1. The van der Waals surface area contributed by atoms with Crippen molar-refractivity contribution in [3.05, 3.63) is 0 Å². The molecular formula is C8H11NO2. The summed E-state index contributed by atoms with van der Waals surface area (Å²) >= 11 is 0. The van der Waals surface area contributed by atoms with Gasteiger partial charge in [-0.1, -0.05) is 5.92 Å². The molecule has 1 heterocycles. The predicted molar refractivity (Wildman–Crippen MR) is 41.0 cm³/mol. The lowest BCUT2D eigenvalue weighted by Gasteiger charge is -2.34. The third-order valence-electron chi connectivity index (χ3n) is 1.79. The molecule has 1 N–H and O–H groups in total. The molecule has 0 aromatic rings. The first-order valence-electron chi connectivity index (χ1n) is 3.59. The summed E-state index contributed by atoms with van der Waals surface area (Å²) < 4.78 is 0. The van der Waals surface area contributed by atoms with Crippen molar-refractivity contribution in [2.45, 2.75) is 6.92 Å². The van der Waals surface area contributed by atoms with Crippen molar-refractivity contribution < 1.29 is 9.90 Å². The molecule has 0 amide bonds. The van der Waals surface area contributed by atoms with Crippen LogP contribution in [-0.2, 0) is 4.79 Å². The summed E-state index contributed by atoms with van der Waals surface area (Å²) in [6.45, 7) is 3.81. The molecule has 0 aromatic heterocycles. The molecule has 3 nitrogen and oxygen atoms in total. The van der Waals surface area contributed by atoms with Crippen molar-refractivity contribution in [1.82, 2.24) is 4.90 Å². The first-order valence-corrected chi connectivity index (χ1v) is 3.59. The van der Waals surface area contributed by atoms with Crippen molar-refractivity contribution in [2.24, 2.45) is 5.92 Å². The average molecular weight is 153 g/mol. The van der Waals surface area contributed by atoms with Gasteiger partial charge in [0.25, 0.3) is 0 Å². The molecule has 0 spiro atoms. The van der Waals surface area contributed by atoms with Gasteiger partial charge in [0.05, 0.1) is 12.5 Å². The molecule has 0 aromatic carbocycles. The zero-order valence-electron chi connectivity index (χ0n) is 6.50. The summed E-state index contributed by atoms with van der Waals surface area (Å²) in [5.41, 5.74) is 0. The summed E-state index contributed by atoms with van der Waals surface area (Å²) in [6, 6.07) is 0. The van der Waals surface area contributed by atoms with Crippen LogP contribution in [0.1, 0.15) is 6.92 Å². The molecule has 1 aliphatic heterocycles. The predicted octanol–water partition coefficient (Wildman–Crippen LogP) is 0.0261. The van der Waals surface area contributed by atoms with Gasteiger partial charge in [0.2, 0.25) is 0 Å². The number of hydrogen-bond donors (Lipinski definition) is 1. The number of nitrogens with zero attached hydrogens (tertiary/aromatic N) is 1. The summed E-state index contributed by atoms with van der Waals surface area (Å²) in [5, 5.41) is 8.51. The van der Waals surface area contributed by atoms with Gasteiger partial charge in [-0.25, -0.2) is 0 Å². The Morgan fingerprint density at radius 3 is 2.82 bits per heavy atom. The second-order valence-corrected chi connectivity index (χ2v) is 2.66. The lowest BCUT2D eigenvalue weighted by molar-refractivity contribution is -0.147. The summed E-state index contributed by atoms with van der Waals surface area (Å²) in [6.07, 6.45) is 0. The number of carbonyl (C=O) groups is 1. The van der Waals surface area contributed by atoms with E-state index in [1.54, 1.807) is 6.92 Å². The van der Waals surface area contributed by atoms with Crippen LogP contribution in [-0.4, -0.2) is 35.6 Å². The maximum Gasteiger partial charge on any atom is 0.309 e. The molecule has 0 unspecified atom stereocenters. The van der Waals surface area contributed by atoms with Crippen LogP contribution in [0.25, 0.3) is 0 Å². The fourth-order valence-corrected chi connectivity index (χ4v) is 1.05. The first kappa shape index (κ1) is 8.09. The number of hydrogen-bond acceptors (Lipinski definition) is 2. The third-order valence-corrected chi connectivity index (χ3v) is 1.79. The van der Waals surface area contributed by atoms with Crippen molar-refractivity contribution >= 4 is 5.97 Å². The molecule has 1 rings (SSSR count). The quantitative estimate of drug-likeness (QED) is 0.569. The molecule has 0 radical (unpaired) electrons. The molecule has 1 fully saturated rings. The standard InChI is InChI=1S/C8H11NO2/c1-2-3-4-9-5-7(6-9)8(10)11/h7H,4-6H2,1H3,(H,10,11). The van der Waals surface area contributed by atoms with Gasteiger partial charge in [0.15, 0.2) is 0 Å². The summed E-state index contributed by atoms with van der Waals surface area (Å²) in [7, 11) is 0. The average Bonchev–Trinajstić information content (AvgIpc) is 1.84. The van der Waals surface area contributed by atoms with E-state index in [9.17, 15) is 4.79 Å². The van der Waals surface area contributed by atoms with Crippen LogP contribution in [0.5, 0.6) is 0 Å². The minimum Gasteiger partial charge on any atom is -0.481 e. The normalized spacial score (nSPS) is 18.3. The Bertz CT molecular complexity index is 208. The highest BCUT2D eigenvalue weighted by Crippen LogP contribution is 2.13. The van der Waals surface area contributed by atoms with Crippen molar-refractivity contribution in [3.63, 3.8) is 0 Å². The van der Waals surface area contributed by atoms with Gasteiger partial charge in [0.1, 0.15) is 0 Å². The SMILES string of the molecule is CC#CCN1CC(C(=O)O)C1. The van der Waals surface area contributed by atoms with Gasteiger partial charge in [-0.3, -0.25) is 9.69 Å². The monoisotopic (exact) mass is 153 g/mol. The smallest absolute Gasteiger partial charge is 0.309 e. The maximum atomic E-state index is 10.3. The molecule has 0 aliphatic carbocycles. The first-order chi connectivity index (χ1) is 5.24. The van der Waals surface area contributed by atoms with Crippen LogP contribution in [0, 0.1) is 17.8 Å². The van der Waals surface area contributed by atoms with E-state index in [0.717, 1.165) is 0 Å². The van der Waals surface area contributed by atoms with E-state index in [1.807, 2.05) is 4.90 Å². The number of aliphatic carboxylic acids is 1. The largest absolute Gasteiger partial charge is 0.481 e. The topological polar surface area (TPSA) is 40.5 Å². The van der Waals surface area contributed by atoms with E-state index in [0.29, 0.717) is 19.6 Å². The van der Waals surface area contributed by atoms with Gasteiger partial charge in [0, 0.05) is 13.1 Å². The second-order valence-electron chi connectivity index (χ2n) is 2.66. The van der Waals surface area contributed by atoms with Crippen LogP contribution >= 0.6 is 0 Å². The Labute approximate surface area is 66.0 Å². The van der Waals surface area contributed by atoms with Gasteiger partial charge in [-0.15, -0.1) is 5.92 Å². The molecule has 3 heteroatoms. The van der Waals surface area contributed by atoms with Crippen LogP contribution < -0.4 is 0 Å². The highest BCUT2D eigenvalue weighted by Gasteiger charge is 2.31. The minimum absolute atomic E-state index is 0.159. The van der Waals surface area contributed by atoms with E-state index in [-0.39, 0.29) is 5.92 Å².